The molecule has 2 aromatic rings. The van der Waals surface area contributed by atoms with Crippen LogP contribution in [0.2, 0.25) is 0 Å². The van der Waals surface area contributed by atoms with Crippen LogP contribution in [0.3, 0.4) is 0 Å². The monoisotopic (exact) mass is 268 g/mol. The minimum absolute atomic E-state index is 0.347. The summed E-state index contributed by atoms with van der Waals surface area (Å²) in [5.41, 5.74) is 1.84. The number of fused-ring (bicyclic) bond motifs is 1. The molecule has 0 atom stereocenters. The topological polar surface area (TPSA) is 58.0 Å². The second kappa shape index (κ2) is 4.11. The maximum atomic E-state index is 9.02. The molecule has 3 rings (SSSR count). The highest BCUT2D eigenvalue weighted by Crippen LogP contribution is 2.36. The molecule has 2 heterocycles. The van der Waals surface area contributed by atoms with Crippen LogP contribution in [-0.4, -0.2) is 23.3 Å². The third-order valence-electron chi connectivity index (χ3n) is 4.35. The van der Waals surface area contributed by atoms with Gasteiger partial charge in [-0.3, -0.25) is 0 Å². The molecular weight excluding hydrogens is 251 g/mol. The highest BCUT2D eigenvalue weighted by atomic mass is 16.7. The summed E-state index contributed by atoms with van der Waals surface area (Å²) in [6, 6.07) is 8.05. The molecule has 0 amide bonds. The largest absolute Gasteiger partial charge is 0.494 e. The lowest BCUT2D eigenvalue weighted by molar-refractivity contribution is 0.00578. The Bertz CT molecular complexity index is 696. The molecule has 1 aliphatic rings. The number of nitrogens with one attached hydrogen (secondary N) is 1. The van der Waals surface area contributed by atoms with Crippen LogP contribution in [0.25, 0.3) is 10.9 Å². The Morgan fingerprint density at radius 3 is 2.40 bits per heavy atom. The minimum atomic E-state index is -0.377. The van der Waals surface area contributed by atoms with Gasteiger partial charge in [-0.25, -0.2) is 0 Å². The molecule has 1 aromatic heterocycles. The predicted octanol–water partition coefficient (Wildman–Crippen LogP) is 2.34. The molecule has 5 heteroatoms. The van der Waals surface area contributed by atoms with Gasteiger partial charge in [-0.1, -0.05) is 12.1 Å². The first-order valence-electron chi connectivity index (χ1n) is 6.71. The lowest BCUT2D eigenvalue weighted by Gasteiger charge is -2.32. The van der Waals surface area contributed by atoms with Crippen molar-refractivity contribution in [2.75, 3.05) is 0 Å². The zero-order chi connectivity index (χ0) is 14.5. The summed E-state index contributed by atoms with van der Waals surface area (Å²) in [6.07, 6.45) is 1.72. The van der Waals surface area contributed by atoms with Crippen LogP contribution in [-0.2, 0) is 9.31 Å². The molecule has 0 bridgehead atoms. The van der Waals surface area contributed by atoms with Crippen molar-refractivity contribution in [2.45, 2.75) is 38.9 Å². The molecule has 0 saturated carbocycles. The summed E-state index contributed by atoms with van der Waals surface area (Å²) in [4.78, 5) is 3.11. The maximum Gasteiger partial charge on any atom is 0.494 e. The zero-order valence-electron chi connectivity index (χ0n) is 12.2. The lowest BCUT2D eigenvalue weighted by atomic mass is 9.79. The van der Waals surface area contributed by atoms with Gasteiger partial charge >= 0.3 is 7.12 Å². The van der Waals surface area contributed by atoms with Gasteiger partial charge in [-0.2, -0.15) is 5.26 Å². The molecule has 1 aromatic carbocycles. The van der Waals surface area contributed by atoms with Crippen LogP contribution in [0.1, 0.15) is 33.3 Å². The smallest absolute Gasteiger partial charge is 0.399 e. The van der Waals surface area contributed by atoms with Crippen LogP contribution in [0.15, 0.2) is 24.4 Å². The molecule has 1 aliphatic heterocycles. The van der Waals surface area contributed by atoms with Gasteiger partial charge in [-0.05, 0) is 39.2 Å². The van der Waals surface area contributed by atoms with Gasteiger partial charge in [-0.15, -0.1) is 0 Å². The van der Waals surface area contributed by atoms with Crippen LogP contribution in [0, 0.1) is 11.3 Å². The Morgan fingerprint density at radius 2 is 1.80 bits per heavy atom. The first-order chi connectivity index (χ1) is 9.34. The van der Waals surface area contributed by atoms with Crippen molar-refractivity contribution in [2.24, 2.45) is 0 Å². The van der Waals surface area contributed by atoms with Gasteiger partial charge in [0.2, 0.25) is 0 Å². The standard InChI is InChI=1S/C15H17BN2O2/c1-14(2)15(3,4)20-16(19-14)11-5-6-12-10(8-17)9-18-13(12)7-11/h5-7,9,18H,1-4H3. The van der Waals surface area contributed by atoms with Gasteiger partial charge in [0.15, 0.2) is 0 Å². The van der Waals surface area contributed by atoms with Gasteiger partial charge in [0.1, 0.15) is 6.07 Å². The second-order valence-electron chi connectivity index (χ2n) is 6.21. The molecule has 0 unspecified atom stereocenters. The van der Waals surface area contributed by atoms with Crippen LogP contribution < -0.4 is 5.46 Å². The molecule has 4 nitrogen and oxygen atoms in total. The van der Waals surface area contributed by atoms with E-state index in [0.717, 1.165) is 16.4 Å². The fourth-order valence-electron chi connectivity index (χ4n) is 2.36. The number of rotatable bonds is 1. The van der Waals surface area contributed by atoms with Gasteiger partial charge < -0.3 is 14.3 Å². The Balaban J connectivity index is 1.99. The van der Waals surface area contributed by atoms with E-state index in [1.54, 1.807) is 6.20 Å². The SMILES string of the molecule is CC1(C)OB(c2ccc3c(C#N)c[nH]c3c2)OC1(C)C. The molecule has 0 aliphatic carbocycles. The summed E-state index contributed by atoms with van der Waals surface area (Å²) < 4.78 is 12.1. The summed E-state index contributed by atoms with van der Waals surface area (Å²) in [5, 5.41) is 9.95. The first kappa shape index (κ1) is 13.2. The maximum absolute atomic E-state index is 9.02. The summed E-state index contributed by atoms with van der Waals surface area (Å²) in [6.45, 7) is 8.14. The summed E-state index contributed by atoms with van der Waals surface area (Å²) in [5.74, 6) is 0. The van der Waals surface area contributed by atoms with Crippen molar-refractivity contribution in [3.05, 3.63) is 30.0 Å². The summed E-state index contributed by atoms with van der Waals surface area (Å²) >= 11 is 0. The molecule has 1 fully saturated rings. The second-order valence-corrected chi connectivity index (χ2v) is 6.21. The average Bonchev–Trinajstić information content (AvgIpc) is 2.87. The van der Waals surface area contributed by atoms with Crippen molar-refractivity contribution < 1.29 is 9.31 Å². The number of hydrogen-bond donors (Lipinski definition) is 1. The Labute approximate surface area is 118 Å². The molecule has 1 N–H and O–H groups in total. The van der Waals surface area contributed by atoms with Crippen molar-refractivity contribution in [3.63, 3.8) is 0 Å². The molecule has 20 heavy (non-hydrogen) atoms. The Hall–Kier alpha value is -1.77. The van der Waals surface area contributed by atoms with Crippen molar-refractivity contribution in [3.8, 4) is 6.07 Å². The van der Waals surface area contributed by atoms with Crippen molar-refractivity contribution in [1.82, 2.24) is 4.98 Å². The number of nitrogens with zero attached hydrogens (tertiary/aromatic N) is 1. The third kappa shape index (κ3) is 1.84. The number of aromatic amines is 1. The van der Waals surface area contributed by atoms with E-state index in [1.807, 2.05) is 45.9 Å². The Kier molecular flexibility index (Phi) is 2.72. The van der Waals surface area contributed by atoms with E-state index >= 15 is 0 Å². The molecule has 102 valence electrons. The normalized spacial score (nSPS) is 20.2. The highest BCUT2D eigenvalue weighted by Gasteiger charge is 2.51. The fraction of sp³-hybridized carbons (Fsp3) is 0.400. The van der Waals surface area contributed by atoms with Gasteiger partial charge in [0.05, 0.1) is 16.8 Å². The minimum Gasteiger partial charge on any atom is -0.399 e. The average molecular weight is 268 g/mol. The number of benzene rings is 1. The van der Waals surface area contributed by atoms with E-state index < -0.39 is 0 Å². The van der Waals surface area contributed by atoms with E-state index in [-0.39, 0.29) is 18.3 Å². The third-order valence-corrected chi connectivity index (χ3v) is 4.35. The van der Waals surface area contributed by atoms with Crippen LogP contribution in [0.4, 0.5) is 0 Å². The summed E-state index contributed by atoms with van der Waals surface area (Å²) in [7, 11) is -0.377. The number of nitriles is 1. The van der Waals surface area contributed by atoms with Gasteiger partial charge in [0.25, 0.3) is 0 Å². The molecule has 0 radical (unpaired) electrons. The van der Waals surface area contributed by atoms with Gasteiger partial charge in [0, 0.05) is 17.1 Å². The van der Waals surface area contributed by atoms with Crippen molar-refractivity contribution >= 4 is 23.5 Å². The molecule has 0 spiro atoms. The number of hydrogen-bond acceptors (Lipinski definition) is 3. The van der Waals surface area contributed by atoms with E-state index in [4.69, 9.17) is 14.6 Å². The number of H-pyrrole nitrogens is 1. The quantitative estimate of drug-likeness (QED) is 0.807. The molecule has 1 saturated heterocycles. The number of aromatic nitrogens is 1. The highest BCUT2D eigenvalue weighted by molar-refractivity contribution is 6.62. The lowest BCUT2D eigenvalue weighted by Crippen LogP contribution is -2.41. The first-order valence-corrected chi connectivity index (χ1v) is 6.71. The van der Waals surface area contributed by atoms with E-state index in [1.165, 1.54) is 0 Å². The zero-order valence-corrected chi connectivity index (χ0v) is 12.2. The van der Waals surface area contributed by atoms with Crippen molar-refractivity contribution in [1.29, 1.82) is 5.26 Å². The predicted molar refractivity (Wildman–Crippen MR) is 78.7 cm³/mol. The van der Waals surface area contributed by atoms with E-state index in [2.05, 4.69) is 11.1 Å². The van der Waals surface area contributed by atoms with E-state index in [0.29, 0.717) is 5.56 Å². The molecular formula is C15H17BN2O2. The fourth-order valence-corrected chi connectivity index (χ4v) is 2.36. The van der Waals surface area contributed by atoms with Crippen LogP contribution >= 0.6 is 0 Å². The van der Waals surface area contributed by atoms with E-state index in [9.17, 15) is 0 Å². The Morgan fingerprint density at radius 1 is 1.15 bits per heavy atom. The van der Waals surface area contributed by atoms with Crippen LogP contribution in [0.5, 0.6) is 0 Å².